The van der Waals surface area contributed by atoms with Gasteiger partial charge < -0.3 is 6.53 Å². The standard InChI is InChI=1S/C14H13NO4S.Li.H/c1-15(12-9-7-11(8-10-12)14(16)17)20(18,19)13-5-3-2-4-6-13;;/h2-10H,1H3,(H,16,17);;/q;+1;-1. The van der Waals surface area contributed by atoms with Crippen LogP contribution in [0.2, 0.25) is 0 Å². The summed E-state index contributed by atoms with van der Waals surface area (Å²) in [6.45, 7) is 0. The van der Waals surface area contributed by atoms with Crippen molar-refractivity contribution in [1.29, 1.82) is 0 Å². The molecule has 0 aromatic heterocycles. The van der Waals surface area contributed by atoms with Crippen molar-refractivity contribution in [2.45, 2.75) is 4.90 Å². The molecule has 0 aliphatic heterocycles. The van der Waals surface area contributed by atoms with E-state index in [1.165, 1.54) is 43.4 Å². The summed E-state index contributed by atoms with van der Waals surface area (Å²) in [6, 6.07) is 13.7. The molecule has 0 radical (unpaired) electrons. The van der Waals surface area contributed by atoms with Crippen molar-refractivity contribution in [1.82, 2.24) is 0 Å². The van der Waals surface area contributed by atoms with E-state index in [-0.39, 0.29) is 30.7 Å². The van der Waals surface area contributed by atoms with Crippen LogP contribution in [0.25, 0.3) is 0 Å². The fraction of sp³-hybridized carbons (Fsp3) is 0.0714. The second-order valence-electron chi connectivity index (χ2n) is 4.14. The third kappa shape index (κ3) is 3.67. The van der Waals surface area contributed by atoms with E-state index in [1.54, 1.807) is 18.2 Å². The topological polar surface area (TPSA) is 74.7 Å². The fourth-order valence-electron chi connectivity index (χ4n) is 1.70. The van der Waals surface area contributed by atoms with E-state index < -0.39 is 16.0 Å². The Bertz CT molecular complexity index is 720. The number of carbonyl (C=O) groups is 1. The molecule has 7 heteroatoms. The molecule has 5 nitrogen and oxygen atoms in total. The van der Waals surface area contributed by atoms with Crippen LogP contribution in [0.15, 0.2) is 59.5 Å². The smallest absolute Gasteiger partial charge is 1.00 e. The Hall–Kier alpha value is -1.74. The molecule has 0 bridgehead atoms. The molecule has 0 atom stereocenters. The molecule has 0 unspecified atom stereocenters. The first-order valence-corrected chi connectivity index (χ1v) is 7.24. The maximum absolute atomic E-state index is 12.4. The summed E-state index contributed by atoms with van der Waals surface area (Å²) in [5, 5.41) is 8.82. The maximum Gasteiger partial charge on any atom is 1.00 e. The van der Waals surface area contributed by atoms with Gasteiger partial charge in [-0.25, -0.2) is 13.2 Å². The van der Waals surface area contributed by atoms with Crippen molar-refractivity contribution in [3.63, 3.8) is 0 Å². The third-order valence-electron chi connectivity index (χ3n) is 2.88. The number of carboxylic acids is 1. The summed E-state index contributed by atoms with van der Waals surface area (Å²) in [4.78, 5) is 11.0. The molecule has 0 saturated carbocycles. The second-order valence-corrected chi connectivity index (χ2v) is 6.11. The average Bonchev–Trinajstić information content (AvgIpc) is 2.47. The molecule has 2 rings (SSSR count). The molecule has 106 valence electrons. The van der Waals surface area contributed by atoms with Crippen molar-refractivity contribution < 1.29 is 38.6 Å². The molecule has 0 heterocycles. The van der Waals surface area contributed by atoms with Gasteiger partial charge in [0, 0.05) is 7.05 Å². The molecule has 0 aliphatic carbocycles. The SMILES string of the molecule is CN(c1ccc(C(=O)O)cc1)S(=O)(=O)c1ccccc1.[H-].[Li+]. The van der Waals surface area contributed by atoms with Crippen LogP contribution in [-0.2, 0) is 10.0 Å². The first kappa shape index (κ1) is 17.3. The monoisotopic (exact) mass is 299 g/mol. The summed E-state index contributed by atoms with van der Waals surface area (Å²) < 4.78 is 25.8. The van der Waals surface area contributed by atoms with E-state index in [9.17, 15) is 13.2 Å². The quantitative estimate of drug-likeness (QED) is 0.760. The Kier molecular flexibility index (Phi) is 5.61. The van der Waals surface area contributed by atoms with E-state index in [0.717, 1.165) is 4.31 Å². The molecule has 1 N–H and O–H groups in total. The molecule has 2 aromatic rings. The van der Waals surface area contributed by atoms with E-state index in [1.807, 2.05) is 0 Å². The molecule has 0 aliphatic rings. The number of benzene rings is 2. The predicted octanol–water partition coefficient (Wildman–Crippen LogP) is -0.674. The zero-order valence-electron chi connectivity index (χ0n) is 12.7. The molecule has 2 aromatic carbocycles. The minimum Gasteiger partial charge on any atom is -1.00 e. The van der Waals surface area contributed by atoms with Crippen molar-refractivity contribution in [2.75, 3.05) is 11.4 Å². The maximum atomic E-state index is 12.4. The van der Waals surface area contributed by atoms with Crippen molar-refractivity contribution in [3.8, 4) is 0 Å². The number of hydrogen-bond donors (Lipinski definition) is 1. The Labute approximate surface area is 136 Å². The Morgan fingerprint density at radius 2 is 1.57 bits per heavy atom. The zero-order valence-corrected chi connectivity index (χ0v) is 12.5. The van der Waals surface area contributed by atoms with Crippen LogP contribution in [0.4, 0.5) is 5.69 Å². The molecular weight excluding hydrogens is 285 g/mol. The molecule has 0 fully saturated rings. The van der Waals surface area contributed by atoms with Crippen molar-refractivity contribution in [3.05, 3.63) is 60.2 Å². The van der Waals surface area contributed by atoms with Gasteiger partial charge in [0.2, 0.25) is 0 Å². The van der Waals surface area contributed by atoms with E-state index >= 15 is 0 Å². The van der Waals surface area contributed by atoms with E-state index in [4.69, 9.17) is 5.11 Å². The molecule has 0 spiro atoms. The number of carboxylic acid groups (broad SMARTS) is 1. The number of aromatic carboxylic acids is 1. The van der Waals surface area contributed by atoms with Gasteiger partial charge >= 0.3 is 24.8 Å². The molecule has 21 heavy (non-hydrogen) atoms. The normalized spacial score (nSPS) is 10.5. The van der Waals surface area contributed by atoms with Crippen LogP contribution in [0, 0.1) is 0 Å². The number of hydrogen-bond acceptors (Lipinski definition) is 3. The second kappa shape index (κ2) is 6.81. The van der Waals surface area contributed by atoms with Gasteiger partial charge in [-0.2, -0.15) is 0 Å². The number of sulfonamides is 1. The van der Waals surface area contributed by atoms with Gasteiger partial charge in [-0.1, -0.05) is 18.2 Å². The van der Waals surface area contributed by atoms with Gasteiger partial charge in [0.15, 0.2) is 0 Å². The third-order valence-corrected chi connectivity index (χ3v) is 4.68. The summed E-state index contributed by atoms with van der Waals surface area (Å²) in [6.07, 6.45) is 0. The van der Waals surface area contributed by atoms with Gasteiger partial charge in [0.1, 0.15) is 0 Å². The molecule has 0 saturated heterocycles. The van der Waals surface area contributed by atoms with E-state index in [0.29, 0.717) is 5.69 Å². The predicted molar refractivity (Wildman–Crippen MR) is 76.5 cm³/mol. The average molecular weight is 299 g/mol. The minimum absolute atomic E-state index is 0. The largest absolute Gasteiger partial charge is 1.00 e. The summed E-state index contributed by atoms with van der Waals surface area (Å²) in [5.41, 5.74) is 0.512. The molecule has 0 amide bonds. The minimum atomic E-state index is -3.64. The van der Waals surface area contributed by atoms with Crippen LogP contribution in [0.5, 0.6) is 0 Å². The van der Waals surface area contributed by atoms with Crippen LogP contribution in [0.3, 0.4) is 0 Å². The van der Waals surface area contributed by atoms with Gasteiger partial charge in [-0.15, -0.1) is 0 Å². The van der Waals surface area contributed by atoms with Gasteiger partial charge in [0.25, 0.3) is 10.0 Å². The number of rotatable bonds is 4. The van der Waals surface area contributed by atoms with E-state index in [2.05, 4.69) is 0 Å². The zero-order chi connectivity index (χ0) is 14.8. The first-order chi connectivity index (χ1) is 9.43. The van der Waals surface area contributed by atoms with Crippen LogP contribution in [0.1, 0.15) is 11.8 Å². The Morgan fingerprint density at radius 3 is 2.05 bits per heavy atom. The number of anilines is 1. The number of nitrogens with zero attached hydrogens (tertiary/aromatic N) is 1. The first-order valence-electron chi connectivity index (χ1n) is 5.80. The Balaban J connectivity index is 0.00000220. The summed E-state index contributed by atoms with van der Waals surface area (Å²) >= 11 is 0. The van der Waals surface area contributed by atoms with Crippen LogP contribution in [-0.4, -0.2) is 26.5 Å². The van der Waals surface area contributed by atoms with Crippen LogP contribution < -0.4 is 23.2 Å². The van der Waals surface area contributed by atoms with Gasteiger partial charge in [0.05, 0.1) is 16.1 Å². The van der Waals surface area contributed by atoms with Crippen LogP contribution >= 0.6 is 0 Å². The van der Waals surface area contributed by atoms with Gasteiger partial charge in [-0.05, 0) is 36.4 Å². The van der Waals surface area contributed by atoms with Crippen molar-refractivity contribution >= 4 is 21.7 Å². The fourth-order valence-corrected chi connectivity index (χ4v) is 2.92. The van der Waals surface area contributed by atoms with Crippen molar-refractivity contribution in [2.24, 2.45) is 0 Å². The summed E-state index contributed by atoms with van der Waals surface area (Å²) in [7, 11) is -2.21. The summed E-state index contributed by atoms with van der Waals surface area (Å²) in [5.74, 6) is -1.05. The Morgan fingerprint density at radius 1 is 1.05 bits per heavy atom. The molecular formula is C14H14LiNO4S. The van der Waals surface area contributed by atoms with Gasteiger partial charge in [-0.3, -0.25) is 4.31 Å².